The first-order chi connectivity index (χ1) is 9.25. The van der Waals surface area contributed by atoms with E-state index in [1.807, 2.05) is 11.7 Å². The zero-order valence-corrected chi connectivity index (χ0v) is 11.9. The predicted molar refractivity (Wildman–Crippen MR) is 76.5 cm³/mol. The fourth-order valence-electron chi connectivity index (χ4n) is 3.16. The van der Waals surface area contributed by atoms with Crippen molar-refractivity contribution in [2.24, 2.45) is 7.05 Å². The van der Waals surface area contributed by atoms with Crippen molar-refractivity contribution in [1.82, 2.24) is 14.8 Å². The molecule has 0 spiro atoms. The van der Waals surface area contributed by atoms with Crippen molar-refractivity contribution in [3.05, 3.63) is 47.5 Å². The molecule has 1 atom stereocenters. The second kappa shape index (κ2) is 4.97. The molecule has 100 valence electrons. The maximum Gasteiger partial charge on any atom is 0.138 e. The first-order valence-corrected chi connectivity index (χ1v) is 7.26. The molecular weight excluding hydrogens is 258 g/mol. The molecule has 0 N–H and O–H groups in total. The van der Waals surface area contributed by atoms with Gasteiger partial charge in [-0.2, -0.15) is 5.10 Å². The summed E-state index contributed by atoms with van der Waals surface area (Å²) >= 11 is 6.38. The van der Waals surface area contributed by atoms with Crippen molar-refractivity contribution in [1.29, 1.82) is 0 Å². The van der Waals surface area contributed by atoms with Crippen LogP contribution in [-0.4, -0.2) is 20.6 Å². The van der Waals surface area contributed by atoms with E-state index in [4.69, 9.17) is 11.6 Å². The van der Waals surface area contributed by atoms with E-state index < -0.39 is 0 Å². The van der Waals surface area contributed by atoms with E-state index in [2.05, 4.69) is 34.3 Å². The lowest BCUT2D eigenvalue weighted by Crippen LogP contribution is -2.36. The summed E-state index contributed by atoms with van der Waals surface area (Å²) in [5, 5.41) is 4.17. The third kappa shape index (κ3) is 2.16. The normalized spacial score (nSPS) is 22.2. The highest BCUT2D eigenvalue weighted by atomic mass is 35.5. The minimum atomic E-state index is 0.0111. The van der Waals surface area contributed by atoms with E-state index in [1.54, 1.807) is 6.33 Å². The molecule has 0 saturated carbocycles. The van der Waals surface area contributed by atoms with Crippen molar-refractivity contribution in [3.63, 3.8) is 0 Å². The summed E-state index contributed by atoms with van der Waals surface area (Å²) < 4.78 is 1.85. The van der Waals surface area contributed by atoms with Gasteiger partial charge >= 0.3 is 0 Å². The Morgan fingerprint density at radius 2 is 2.21 bits per heavy atom. The van der Waals surface area contributed by atoms with Crippen molar-refractivity contribution in [3.8, 4) is 0 Å². The van der Waals surface area contributed by atoms with Crippen LogP contribution in [0.1, 0.15) is 29.8 Å². The Balaban J connectivity index is 2.03. The third-order valence-corrected chi connectivity index (χ3v) is 4.76. The molecule has 0 bridgehead atoms. The Labute approximate surface area is 118 Å². The summed E-state index contributed by atoms with van der Waals surface area (Å²) in [4.78, 5) is 4.37. The van der Waals surface area contributed by atoms with Crippen molar-refractivity contribution < 1.29 is 0 Å². The molecule has 0 fully saturated rings. The number of rotatable bonds is 3. The van der Waals surface area contributed by atoms with Crippen LogP contribution in [0, 0.1) is 0 Å². The van der Waals surface area contributed by atoms with Crippen LogP contribution in [0.4, 0.5) is 0 Å². The van der Waals surface area contributed by atoms with Crippen molar-refractivity contribution in [2.75, 3.05) is 5.88 Å². The Bertz CT molecular complexity index is 578. The zero-order chi connectivity index (χ0) is 13.3. The Kier molecular flexibility index (Phi) is 3.31. The number of aryl methyl sites for hydroxylation is 2. The van der Waals surface area contributed by atoms with Gasteiger partial charge in [-0.1, -0.05) is 24.3 Å². The van der Waals surface area contributed by atoms with Crippen LogP contribution < -0.4 is 0 Å². The summed E-state index contributed by atoms with van der Waals surface area (Å²) in [6.45, 7) is 0. The highest BCUT2D eigenvalue weighted by Gasteiger charge is 2.36. The van der Waals surface area contributed by atoms with E-state index in [0.29, 0.717) is 5.88 Å². The Hall–Kier alpha value is -1.35. The minimum Gasteiger partial charge on any atom is -0.253 e. The minimum absolute atomic E-state index is 0.0111. The van der Waals surface area contributed by atoms with Crippen LogP contribution in [0.3, 0.4) is 0 Å². The largest absolute Gasteiger partial charge is 0.253 e. The van der Waals surface area contributed by atoms with Crippen molar-refractivity contribution >= 4 is 11.6 Å². The lowest BCUT2D eigenvalue weighted by molar-refractivity contribution is 0.383. The molecular formula is C15H18ClN3. The number of aromatic nitrogens is 3. The maximum absolute atomic E-state index is 6.38. The van der Waals surface area contributed by atoms with E-state index in [1.165, 1.54) is 17.5 Å². The number of hydrogen-bond donors (Lipinski definition) is 0. The molecule has 19 heavy (non-hydrogen) atoms. The van der Waals surface area contributed by atoms with Gasteiger partial charge in [0.1, 0.15) is 12.2 Å². The molecule has 1 aliphatic carbocycles. The van der Waals surface area contributed by atoms with Gasteiger partial charge in [-0.15, -0.1) is 11.6 Å². The highest BCUT2D eigenvalue weighted by molar-refractivity contribution is 6.18. The van der Waals surface area contributed by atoms with Crippen LogP contribution in [0.2, 0.25) is 0 Å². The predicted octanol–water partition coefficient (Wildman–Crippen LogP) is 2.87. The summed E-state index contributed by atoms with van der Waals surface area (Å²) in [5.41, 5.74) is 2.85. The van der Waals surface area contributed by atoms with Gasteiger partial charge in [0, 0.05) is 24.8 Å². The van der Waals surface area contributed by atoms with Gasteiger partial charge in [0.05, 0.1) is 0 Å². The Morgan fingerprint density at radius 3 is 2.95 bits per heavy atom. The van der Waals surface area contributed by atoms with Crippen LogP contribution in [0.25, 0.3) is 0 Å². The molecule has 0 radical (unpaired) electrons. The summed E-state index contributed by atoms with van der Waals surface area (Å²) in [6, 6.07) is 8.69. The second-order valence-electron chi connectivity index (χ2n) is 5.40. The van der Waals surface area contributed by atoms with Crippen LogP contribution in [0.5, 0.6) is 0 Å². The molecule has 3 nitrogen and oxygen atoms in total. The highest BCUT2D eigenvalue weighted by Crippen LogP contribution is 2.40. The Morgan fingerprint density at radius 1 is 1.37 bits per heavy atom. The number of benzene rings is 1. The molecule has 4 heteroatoms. The molecule has 0 saturated heterocycles. The molecule has 1 aromatic heterocycles. The molecule has 0 amide bonds. The van der Waals surface area contributed by atoms with Gasteiger partial charge in [0.15, 0.2) is 0 Å². The lowest BCUT2D eigenvalue weighted by atomic mass is 9.69. The fraction of sp³-hybridized carbons (Fsp3) is 0.467. The molecule has 2 aromatic rings. The SMILES string of the molecule is Cn1ncnc1CC1(CCl)CCCc2ccccc21. The van der Waals surface area contributed by atoms with Gasteiger partial charge < -0.3 is 0 Å². The van der Waals surface area contributed by atoms with E-state index in [0.717, 1.165) is 25.1 Å². The van der Waals surface area contributed by atoms with Gasteiger partial charge in [-0.3, -0.25) is 4.68 Å². The standard InChI is InChI=1S/C15H18ClN3/c1-19-14(17-11-18-19)9-15(10-16)8-4-6-12-5-2-3-7-13(12)15/h2-3,5,7,11H,4,6,8-10H2,1H3. The molecule has 0 aliphatic heterocycles. The average Bonchev–Trinajstić information content (AvgIpc) is 2.84. The topological polar surface area (TPSA) is 30.7 Å². The maximum atomic E-state index is 6.38. The van der Waals surface area contributed by atoms with Gasteiger partial charge in [0.25, 0.3) is 0 Å². The van der Waals surface area contributed by atoms with Gasteiger partial charge in [0.2, 0.25) is 0 Å². The van der Waals surface area contributed by atoms with E-state index in [9.17, 15) is 0 Å². The monoisotopic (exact) mass is 275 g/mol. The summed E-state index contributed by atoms with van der Waals surface area (Å²) in [7, 11) is 1.94. The third-order valence-electron chi connectivity index (χ3n) is 4.25. The number of alkyl halides is 1. The first-order valence-electron chi connectivity index (χ1n) is 6.72. The zero-order valence-electron chi connectivity index (χ0n) is 11.1. The van der Waals surface area contributed by atoms with Gasteiger partial charge in [-0.25, -0.2) is 4.98 Å². The van der Waals surface area contributed by atoms with Crippen LogP contribution in [-0.2, 0) is 25.3 Å². The number of hydrogen-bond acceptors (Lipinski definition) is 2. The van der Waals surface area contributed by atoms with E-state index >= 15 is 0 Å². The lowest BCUT2D eigenvalue weighted by Gasteiger charge is -2.37. The number of fused-ring (bicyclic) bond motifs is 1. The summed E-state index contributed by atoms with van der Waals surface area (Å²) in [6.07, 6.45) is 5.96. The van der Waals surface area contributed by atoms with E-state index in [-0.39, 0.29) is 5.41 Å². The molecule has 1 aromatic carbocycles. The second-order valence-corrected chi connectivity index (χ2v) is 5.67. The average molecular weight is 276 g/mol. The smallest absolute Gasteiger partial charge is 0.138 e. The van der Waals surface area contributed by atoms with Crippen LogP contribution in [0.15, 0.2) is 30.6 Å². The van der Waals surface area contributed by atoms with Crippen LogP contribution >= 0.6 is 11.6 Å². The molecule has 1 aliphatic rings. The quantitative estimate of drug-likeness (QED) is 0.807. The molecule has 1 heterocycles. The molecule has 3 rings (SSSR count). The number of halogens is 1. The summed E-state index contributed by atoms with van der Waals surface area (Å²) in [5.74, 6) is 1.65. The molecule has 1 unspecified atom stereocenters. The number of nitrogens with zero attached hydrogens (tertiary/aromatic N) is 3. The van der Waals surface area contributed by atoms with Gasteiger partial charge in [-0.05, 0) is 30.4 Å². The first kappa shape index (κ1) is 12.7. The fourth-order valence-corrected chi connectivity index (χ4v) is 3.53. The van der Waals surface area contributed by atoms with Crippen molar-refractivity contribution in [2.45, 2.75) is 31.1 Å².